The zero-order valence-electron chi connectivity index (χ0n) is 12.4. The summed E-state index contributed by atoms with van der Waals surface area (Å²) < 4.78 is 5.30. The quantitative estimate of drug-likeness (QED) is 0.640. The van der Waals surface area contributed by atoms with Crippen molar-refractivity contribution < 1.29 is 19.4 Å². The molecule has 20 heavy (non-hydrogen) atoms. The van der Waals surface area contributed by atoms with Crippen LogP contribution in [0.25, 0.3) is 0 Å². The molecule has 1 aromatic rings. The van der Waals surface area contributed by atoms with E-state index in [9.17, 15) is 9.59 Å². The molecule has 0 unspecified atom stereocenters. The highest BCUT2D eigenvalue weighted by Crippen LogP contribution is 2.30. The molecule has 108 valence electrons. The maximum absolute atomic E-state index is 12.2. The number of carboxylic acid groups (broad SMARTS) is 1. The minimum absolute atomic E-state index is 0.0685. The number of carbonyl (C=O) groups excluding carboxylic acids is 1. The number of ketones is 1. The Labute approximate surface area is 119 Å². The third-order valence-electron chi connectivity index (χ3n) is 3.36. The van der Waals surface area contributed by atoms with Gasteiger partial charge in [0.1, 0.15) is 5.75 Å². The van der Waals surface area contributed by atoms with Crippen LogP contribution in [-0.4, -0.2) is 23.5 Å². The zero-order valence-corrected chi connectivity index (χ0v) is 12.4. The minimum Gasteiger partial charge on any atom is -0.481 e. The summed E-state index contributed by atoms with van der Waals surface area (Å²) in [6.07, 6.45) is 0.605. The van der Waals surface area contributed by atoms with Crippen LogP contribution in [0.15, 0.2) is 18.2 Å². The third-order valence-corrected chi connectivity index (χ3v) is 3.36. The summed E-state index contributed by atoms with van der Waals surface area (Å²) in [6, 6.07) is 1.74. The Morgan fingerprint density at radius 1 is 1.25 bits per heavy atom. The number of allylic oxidation sites excluding steroid dienone is 1. The molecular weight excluding hydrogens is 256 g/mol. The number of aryl methyl sites for hydroxylation is 1. The number of hydrogen-bond donors (Lipinski definition) is 1. The lowest BCUT2D eigenvalue weighted by molar-refractivity contribution is -0.139. The Morgan fingerprint density at radius 2 is 1.85 bits per heavy atom. The summed E-state index contributed by atoms with van der Waals surface area (Å²) in [4.78, 5) is 22.8. The van der Waals surface area contributed by atoms with Gasteiger partial charge in [0, 0.05) is 5.56 Å². The van der Waals surface area contributed by atoms with Crippen molar-refractivity contribution in [1.82, 2.24) is 0 Å². The van der Waals surface area contributed by atoms with Crippen molar-refractivity contribution in [3.8, 4) is 5.75 Å². The largest absolute Gasteiger partial charge is 0.481 e. The fraction of sp³-hybridized carbons (Fsp3) is 0.375. The van der Waals surface area contributed by atoms with Crippen LogP contribution in [0.4, 0.5) is 0 Å². The van der Waals surface area contributed by atoms with Crippen LogP contribution in [0.2, 0.25) is 0 Å². The average Bonchev–Trinajstić information content (AvgIpc) is 2.40. The molecule has 0 fully saturated rings. The predicted molar refractivity (Wildman–Crippen MR) is 77.5 cm³/mol. The SMILES string of the molecule is C=C(CC)C(=O)c1cc(C)c(OCC(=O)O)c(C)c1C. The van der Waals surface area contributed by atoms with Crippen molar-refractivity contribution in [2.75, 3.05) is 6.61 Å². The number of benzene rings is 1. The highest BCUT2D eigenvalue weighted by atomic mass is 16.5. The highest BCUT2D eigenvalue weighted by molar-refractivity contribution is 6.09. The first-order valence-corrected chi connectivity index (χ1v) is 6.47. The predicted octanol–water partition coefficient (Wildman–Crippen LogP) is 3.22. The summed E-state index contributed by atoms with van der Waals surface area (Å²) in [7, 11) is 0. The van der Waals surface area contributed by atoms with Crippen molar-refractivity contribution >= 4 is 11.8 Å². The van der Waals surface area contributed by atoms with E-state index in [1.165, 1.54) is 0 Å². The van der Waals surface area contributed by atoms with E-state index < -0.39 is 12.6 Å². The molecule has 1 N–H and O–H groups in total. The second-order valence-electron chi connectivity index (χ2n) is 4.79. The highest BCUT2D eigenvalue weighted by Gasteiger charge is 2.18. The molecule has 0 amide bonds. The van der Waals surface area contributed by atoms with Crippen molar-refractivity contribution in [2.45, 2.75) is 34.1 Å². The van der Waals surface area contributed by atoms with Gasteiger partial charge in [-0.3, -0.25) is 4.79 Å². The van der Waals surface area contributed by atoms with E-state index in [1.54, 1.807) is 13.0 Å². The second-order valence-corrected chi connectivity index (χ2v) is 4.79. The number of carbonyl (C=O) groups is 2. The lowest BCUT2D eigenvalue weighted by Crippen LogP contribution is -2.13. The number of aliphatic carboxylic acids is 1. The van der Waals surface area contributed by atoms with Crippen LogP contribution in [0.1, 0.15) is 40.4 Å². The average molecular weight is 276 g/mol. The smallest absolute Gasteiger partial charge is 0.341 e. The summed E-state index contributed by atoms with van der Waals surface area (Å²) in [5.74, 6) is -0.564. The standard InChI is InChI=1S/C16H20O4/c1-6-9(2)15(19)13-7-10(3)16(12(5)11(13)4)20-8-14(17)18/h7H,2,6,8H2,1,3-5H3,(H,17,18). The number of rotatable bonds is 6. The van der Waals surface area contributed by atoms with E-state index in [-0.39, 0.29) is 5.78 Å². The molecule has 0 aliphatic heterocycles. The molecule has 4 nitrogen and oxygen atoms in total. The topological polar surface area (TPSA) is 63.6 Å². The molecular formula is C16H20O4. The fourth-order valence-electron chi connectivity index (χ4n) is 2.00. The molecule has 0 aromatic heterocycles. The van der Waals surface area contributed by atoms with Crippen molar-refractivity contribution in [3.63, 3.8) is 0 Å². The van der Waals surface area contributed by atoms with Gasteiger partial charge >= 0.3 is 5.97 Å². The number of hydrogen-bond acceptors (Lipinski definition) is 3. The van der Waals surface area contributed by atoms with Crippen LogP contribution >= 0.6 is 0 Å². The van der Waals surface area contributed by atoms with E-state index in [0.717, 1.165) is 16.7 Å². The first-order valence-electron chi connectivity index (χ1n) is 6.47. The molecule has 1 aromatic carbocycles. The van der Waals surface area contributed by atoms with Crippen LogP contribution < -0.4 is 4.74 Å². The van der Waals surface area contributed by atoms with E-state index >= 15 is 0 Å². The van der Waals surface area contributed by atoms with Gasteiger partial charge in [-0.1, -0.05) is 13.5 Å². The van der Waals surface area contributed by atoms with Gasteiger partial charge in [-0.2, -0.15) is 0 Å². The third kappa shape index (κ3) is 3.26. The molecule has 0 aliphatic rings. The van der Waals surface area contributed by atoms with Crippen molar-refractivity contribution in [1.29, 1.82) is 0 Å². The Hall–Kier alpha value is -2.10. The molecule has 4 heteroatoms. The van der Waals surface area contributed by atoms with Gasteiger partial charge in [0.25, 0.3) is 0 Å². The fourth-order valence-corrected chi connectivity index (χ4v) is 2.00. The van der Waals surface area contributed by atoms with Gasteiger partial charge in [-0.05, 0) is 55.5 Å². The maximum Gasteiger partial charge on any atom is 0.341 e. The maximum atomic E-state index is 12.2. The number of ether oxygens (including phenoxy) is 1. The normalized spacial score (nSPS) is 10.2. The monoisotopic (exact) mass is 276 g/mol. The number of Topliss-reactive ketones (excluding diaryl/α,β-unsaturated/α-hetero) is 1. The van der Waals surface area contributed by atoms with Crippen LogP contribution in [0.5, 0.6) is 5.75 Å². The Balaban J connectivity index is 3.24. The van der Waals surface area contributed by atoms with Gasteiger partial charge < -0.3 is 9.84 Å². The van der Waals surface area contributed by atoms with E-state index in [4.69, 9.17) is 9.84 Å². The summed E-state index contributed by atoms with van der Waals surface area (Å²) >= 11 is 0. The Bertz CT molecular complexity index is 570. The molecule has 0 aliphatic carbocycles. The zero-order chi connectivity index (χ0) is 15.4. The van der Waals surface area contributed by atoms with E-state index in [1.807, 2.05) is 20.8 Å². The molecule has 0 bridgehead atoms. The van der Waals surface area contributed by atoms with Gasteiger partial charge in [-0.25, -0.2) is 4.79 Å². The Kier molecular flexibility index (Phi) is 5.08. The van der Waals surface area contributed by atoms with Gasteiger partial charge in [0.2, 0.25) is 0 Å². The van der Waals surface area contributed by atoms with E-state index in [2.05, 4.69) is 6.58 Å². The minimum atomic E-state index is -1.03. The number of carboxylic acids is 1. The summed E-state index contributed by atoms with van der Waals surface area (Å²) in [5.41, 5.74) is 3.51. The molecule has 0 radical (unpaired) electrons. The first kappa shape index (κ1) is 16.0. The molecule has 0 heterocycles. The summed E-state index contributed by atoms with van der Waals surface area (Å²) in [6.45, 7) is 10.7. The molecule has 0 saturated carbocycles. The molecule has 0 spiro atoms. The van der Waals surface area contributed by atoms with Gasteiger partial charge in [0.05, 0.1) is 0 Å². The van der Waals surface area contributed by atoms with Gasteiger partial charge in [-0.15, -0.1) is 0 Å². The van der Waals surface area contributed by atoms with E-state index in [0.29, 0.717) is 23.3 Å². The van der Waals surface area contributed by atoms with Crippen LogP contribution in [-0.2, 0) is 4.79 Å². The van der Waals surface area contributed by atoms with Crippen LogP contribution in [0.3, 0.4) is 0 Å². The molecule has 0 atom stereocenters. The first-order chi connectivity index (χ1) is 9.29. The molecule has 0 saturated heterocycles. The van der Waals surface area contributed by atoms with Crippen molar-refractivity contribution in [2.24, 2.45) is 0 Å². The lowest BCUT2D eigenvalue weighted by atomic mass is 9.93. The summed E-state index contributed by atoms with van der Waals surface area (Å²) in [5, 5.41) is 8.68. The second kappa shape index (κ2) is 6.37. The van der Waals surface area contributed by atoms with Crippen molar-refractivity contribution in [3.05, 3.63) is 40.5 Å². The molecule has 1 rings (SSSR count). The van der Waals surface area contributed by atoms with Crippen LogP contribution in [0, 0.1) is 20.8 Å². The Morgan fingerprint density at radius 3 is 2.35 bits per heavy atom. The lowest BCUT2D eigenvalue weighted by Gasteiger charge is -2.16. The van der Waals surface area contributed by atoms with Gasteiger partial charge in [0.15, 0.2) is 12.4 Å².